The van der Waals surface area contributed by atoms with Gasteiger partial charge in [0.15, 0.2) is 0 Å². The summed E-state index contributed by atoms with van der Waals surface area (Å²) >= 11 is 12.1. The molecule has 0 aliphatic rings. The van der Waals surface area contributed by atoms with E-state index in [1.54, 1.807) is 32.0 Å². The molecule has 1 aromatic rings. The highest BCUT2D eigenvalue weighted by atomic mass is 35.5. The maximum atomic E-state index is 10.5. The average Bonchev–Trinajstić information content (AvgIpc) is 2.39. The summed E-state index contributed by atoms with van der Waals surface area (Å²) in [7, 11) is 0. The fourth-order valence-corrected chi connectivity index (χ4v) is 2.41. The van der Waals surface area contributed by atoms with Crippen LogP contribution in [0.2, 0.25) is 10.0 Å². The molecule has 120 valence electrons. The Hall–Kier alpha value is -0.320. The minimum atomic E-state index is -0.951. The van der Waals surface area contributed by atoms with Crippen LogP contribution in [-0.2, 0) is 11.3 Å². The average molecular weight is 335 g/mol. The molecule has 0 bridgehead atoms. The molecule has 0 aliphatic heterocycles. The van der Waals surface area contributed by atoms with E-state index in [2.05, 4.69) is 0 Å². The van der Waals surface area contributed by atoms with Gasteiger partial charge in [0.2, 0.25) is 0 Å². The summed E-state index contributed by atoms with van der Waals surface area (Å²) in [6.07, 6.45) is 1.54. The zero-order valence-corrected chi connectivity index (χ0v) is 14.3. The lowest BCUT2D eigenvalue weighted by Crippen LogP contribution is -2.36. The minimum Gasteiger partial charge on any atom is -0.390 e. The number of hydrogen-bond acceptors (Lipinski definition) is 3. The molecule has 0 fully saturated rings. The van der Waals surface area contributed by atoms with Crippen molar-refractivity contribution in [3.63, 3.8) is 0 Å². The van der Waals surface area contributed by atoms with Gasteiger partial charge in [-0.15, -0.1) is 0 Å². The van der Waals surface area contributed by atoms with Crippen LogP contribution in [0.3, 0.4) is 0 Å². The smallest absolute Gasteiger partial charge is 0.0878 e. The van der Waals surface area contributed by atoms with Crippen molar-refractivity contribution in [3.05, 3.63) is 33.8 Å². The van der Waals surface area contributed by atoms with Crippen molar-refractivity contribution < 1.29 is 14.9 Å². The van der Waals surface area contributed by atoms with Crippen LogP contribution in [0, 0.1) is 0 Å². The Morgan fingerprint density at radius 3 is 2.14 bits per heavy atom. The van der Waals surface area contributed by atoms with Crippen LogP contribution < -0.4 is 0 Å². The van der Waals surface area contributed by atoms with Crippen molar-refractivity contribution in [2.24, 2.45) is 0 Å². The molecule has 3 nitrogen and oxygen atoms in total. The van der Waals surface area contributed by atoms with Crippen LogP contribution in [0.1, 0.15) is 45.6 Å². The normalized spacial score (nSPS) is 15.0. The molecule has 5 heteroatoms. The number of aliphatic hydroxyl groups is 2. The highest BCUT2D eigenvalue weighted by Gasteiger charge is 2.28. The van der Waals surface area contributed by atoms with Gasteiger partial charge in [0.25, 0.3) is 0 Å². The first-order chi connectivity index (χ1) is 9.67. The maximum absolute atomic E-state index is 10.5. The quantitative estimate of drug-likeness (QED) is 0.748. The first kappa shape index (κ1) is 18.7. The van der Waals surface area contributed by atoms with Gasteiger partial charge < -0.3 is 14.9 Å². The molecule has 0 spiro atoms. The third kappa shape index (κ3) is 6.54. The predicted octanol–water partition coefficient (Wildman–Crippen LogP) is 4.20. The maximum Gasteiger partial charge on any atom is 0.0878 e. The van der Waals surface area contributed by atoms with E-state index in [1.165, 1.54) is 0 Å². The third-order valence-electron chi connectivity index (χ3n) is 3.54. The number of ether oxygens (including phenoxy) is 1. The van der Waals surface area contributed by atoms with E-state index in [-0.39, 0.29) is 13.2 Å². The Kier molecular flexibility index (Phi) is 6.95. The van der Waals surface area contributed by atoms with E-state index >= 15 is 0 Å². The molecule has 0 amide bonds. The largest absolute Gasteiger partial charge is 0.390 e. The van der Waals surface area contributed by atoms with Crippen LogP contribution in [0.15, 0.2) is 18.2 Å². The van der Waals surface area contributed by atoms with Crippen LogP contribution in [-0.4, -0.2) is 28.0 Å². The molecule has 0 saturated carbocycles. The number of benzene rings is 1. The zero-order valence-electron chi connectivity index (χ0n) is 12.8. The van der Waals surface area contributed by atoms with Crippen molar-refractivity contribution in [1.29, 1.82) is 0 Å². The zero-order chi connectivity index (χ0) is 16.1. The Morgan fingerprint density at radius 2 is 1.67 bits per heavy atom. The van der Waals surface area contributed by atoms with E-state index < -0.39 is 11.2 Å². The molecule has 0 aliphatic carbocycles. The second-order valence-electron chi connectivity index (χ2n) is 6.08. The van der Waals surface area contributed by atoms with E-state index in [9.17, 15) is 10.2 Å². The monoisotopic (exact) mass is 334 g/mol. The molecule has 0 saturated heterocycles. The lowest BCUT2D eigenvalue weighted by atomic mass is 9.90. The van der Waals surface area contributed by atoms with Crippen LogP contribution in [0.5, 0.6) is 0 Å². The molecular formula is C16H24Cl2O3. The first-order valence-electron chi connectivity index (χ1n) is 7.12. The second-order valence-corrected chi connectivity index (χ2v) is 6.90. The minimum absolute atomic E-state index is 0.182. The fraction of sp³-hybridized carbons (Fsp3) is 0.625. The fourth-order valence-electron chi connectivity index (χ4n) is 1.90. The SMILES string of the molecule is CCC(O)(CCC(C)(C)O)COCc1c(Cl)cccc1Cl. The van der Waals surface area contributed by atoms with Crippen LogP contribution >= 0.6 is 23.2 Å². The Bertz CT molecular complexity index is 437. The van der Waals surface area contributed by atoms with Crippen molar-refractivity contribution in [1.82, 2.24) is 0 Å². The standard InChI is InChI=1S/C16H24Cl2O3/c1-4-16(20,9-8-15(2,3)19)11-21-10-12-13(17)6-5-7-14(12)18/h5-7,19-20H,4,8-11H2,1-3H3. The van der Waals surface area contributed by atoms with Gasteiger partial charge in [0, 0.05) is 15.6 Å². The molecule has 0 radical (unpaired) electrons. The van der Waals surface area contributed by atoms with Gasteiger partial charge >= 0.3 is 0 Å². The van der Waals surface area contributed by atoms with Gasteiger partial charge in [-0.2, -0.15) is 0 Å². The molecule has 0 heterocycles. The van der Waals surface area contributed by atoms with E-state index in [0.717, 1.165) is 5.56 Å². The van der Waals surface area contributed by atoms with E-state index in [4.69, 9.17) is 27.9 Å². The van der Waals surface area contributed by atoms with Crippen LogP contribution in [0.4, 0.5) is 0 Å². The van der Waals surface area contributed by atoms with Gasteiger partial charge in [-0.1, -0.05) is 36.2 Å². The molecule has 0 aromatic heterocycles. The summed E-state index contributed by atoms with van der Waals surface area (Å²) < 4.78 is 5.60. The summed E-state index contributed by atoms with van der Waals surface area (Å²) in [5.41, 5.74) is -1.02. The first-order valence-corrected chi connectivity index (χ1v) is 7.88. The Balaban J connectivity index is 2.55. The number of rotatable bonds is 8. The summed E-state index contributed by atoms with van der Waals surface area (Å²) in [5, 5.41) is 21.4. The molecule has 1 rings (SSSR count). The van der Waals surface area contributed by atoms with Gasteiger partial charge in [-0.05, 0) is 45.2 Å². The Morgan fingerprint density at radius 1 is 1.10 bits per heavy atom. The molecule has 1 aromatic carbocycles. The summed E-state index contributed by atoms with van der Waals surface area (Å²) in [4.78, 5) is 0. The van der Waals surface area contributed by atoms with E-state index in [1.807, 2.05) is 6.92 Å². The van der Waals surface area contributed by atoms with Gasteiger partial charge in [0.05, 0.1) is 24.4 Å². The lowest BCUT2D eigenvalue weighted by molar-refractivity contribution is -0.0715. The van der Waals surface area contributed by atoms with Crippen molar-refractivity contribution in [2.45, 2.75) is 57.8 Å². The number of hydrogen-bond donors (Lipinski definition) is 2. The van der Waals surface area contributed by atoms with Crippen LogP contribution in [0.25, 0.3) is 0 Å². The third-order valence-corrected chi connectivity index (χ3v) is 4.25. The Labute approximate surface area is 136 Å². The second kappa shape index (κ2) is 7.80. The highest BCUT2D eigenvalue weighted by molar-refractivity contribution is 6.35. The summed E-state index contributed by atoms with van der Waals surface area (Å²) in [6, 6.07) is 5.29. The van der Waals surface area contributed by atoms with Gasteiger partial charge in [-0.25, -0.2) is 0 Å². The molecule has 1 unspecified atom stereocenters. The summed E-state index contributed by atoms with van der Waals surface area (Å²) in [5.74, 6) is 0. The number of halogens is 2. The lowest BCUT2D eigenvalue weighted by Gasteiger charge is -2.29. The van der Waals surface area contributed by atoms with Crippen molar-refractivity contribution in [3.8, 4) is 0 Å². The van der Waals surface area contributed by atoms with Crippen molar-refractivity contribution >= 4 is 23.2 Å². The summed E-state index contributed by atoms with van der Waals surface area (Å²) in [6.45, 7) is 5.79. The molecular weight excluding hydrogens is 311 g/mol. The van der Waals surface area contributed by atoms with Gasteiger partial charge in [-0.3, -0.25) is 0 Å². The molecule has 21 heavy (non-hydrogen) atoms. The molecule has 1 atom stereocenters. The van der Waals surface area contributed by atoms with Gasteiger partial charge in [0.1, 0.15) is 0 Å². The van der Waals surface area contributed by atoms with E-state index in [0.29, 0.717) is 29.3 Å². The topological polar surface area (TPSA) is 49.7 Å². The predicted molar refractivity (Wildman–Crippen MR) is 86.9 cm³/mol. The highest BCUT2D eigenvalue weighted by Crippen LogP contribution is 2.27. The molecule has 2 N–H and O–H groups in total. The van der Waals surface area contributed by atoms with Crippen molar-refractivity contribution in [2.75, 3.05) is 6.61 Å².